The van der Waals surface area contributed by atoms with Gasteiger partial charge in [-0.3, -0.25) is 9.69 Å². The number of ether oxygens (including phenoxy) is 1. The lowest BCUT2D eigenvalue weighted by atomic mass is 9.87. The largest absolute Gasteiger partial charge is 0.379 e. The molecule has 1 N–H and O–H groups in total. The zero-order valence-electron chi connectivity index (χ0n) is 16.5. The second-order valence-corrected chi connectivity index (χ2v) is 8.47. The summed E-state index contributed by atoms with van der Waals surface area (Å²) in [5.41, 5.74) is 2.08. The Hall–Kier alpha value is -1.39. The van der Waals surface area contributed by atoms with Gasteiger partial charge in [0.05, 0.1) is 13.2 Å². The summed E-state index contributed by atoms with van der Waals surface area (Å²) >= 11 is 0. The van der Waals surface area contributed by atoms with Crippen molar-refractivity contribution in [2.75, 3.05) is 32.8 Å². The summed E-state index contributed by atoms with van der Waals surface area (Å²) in [6.45, 7) is 15.2. The van der Waals surface area contributed by atoms with E-state index in [1.54, 1.807) is 0 Å². The van der Waals surface area contributed by atoms with E-state index in [-0.39, 0.29) is 11.3 Å². The Labute approximate surface area is 152 Å². The third kappa shape index (κ3) is 6.12. The lowest BCUT2D eigenvalue weighted by Crippen LogP contribution is -2.49. The van der Waals surface area contributed by atoms with E-state index in [0.717, 1.165) is 38.3 Å². The smallest absolute Gasteiger partial charge is 0.251 e. The van der Waals surface area contributed by atoms with Crippen LogP contribution in [0.4, 0.5) is 0 Å². The Morgan fingerprint density at radius 1 is 1.16 bits per heavy atom. The normalized spacial score (nSPS) is 17.5. The molecular weight excluding hydrogens is 312 g/mol. The fourth-order valence-electron chi connectivity index (χ4n) is 3.28. The van der Waals surface area contributed by atoms with E-state index < -0.39 is 0 Å². The minimum absolute atomic E-state index is 0.0162. The van der Waals surface area contributed by atoms with E-state index in [4.69, 9.17) is 4.74 Å². The van der Waals surface area contributed by atoms with Crippen molar-refractivity contribution in [2.45, 2.75) is 52.5 Å². The van der Waals surface area contributed by atoms with E-state index in [0.29, 0.717) is 18.5 Å². The van der Waals surface area contributed by atoms with Crippen LogP contribution in [0.5, 0.6) is 0 Å². The molecule has 1 aliphatic heterocycles. The number of nitrogens with zero attached hydrogens (tertiary/aromatic N) is 1. The zero-order chi connectivity index (χ0) is 18.4. The Kier molecular flexibility index (Phi) is 7.03. The molecule has 140 valence electrons. The van der Waals surface area contributed by atoms with E-state index >= 15 is 0 Å². The average Bonchev–Trinajstić information content (AvgIpc) is 2.58. The van der Waals surface area contributed by atoms with Crippen LogP contribution < -0.4 is 5.32 Å². The molecule has 1 saturated heterocycles. The van der Waals surface area contributed by atoms with E-state index in [1.165, 1.54) is 5.56 Å². The summed E-state index contributed by atoms with van der Waals surface area (Å²) in [7, 11) is 0. The predicted octanol–water partition coefficient (Wildman–Crippen LogP) is 3.46. The van der Waals surface area contributed by atoms with Gasteiger partial charge in [0.2, 0.25) is 0 Å². The van der Waals surface area contributed by atoms with Crippen molar-refractivity contribution in [1.82, 2.24) is 10.2 Å². The molecule has 1 aromatic rings. The Morgan fingerprint density at radius 3 is 2.28 bits per heavy atom. The SMILES string of the molecule is CC(C)CC(CNC(=O)c1ccc(C(C)(C)C)cc1)N1CCOCC1. The number of rotatable bonds is 6. The van der Waals surface area contributed by atoms with Gasteiger partial charge in [-0.05, 0) is 35.4 Å². The van der Waals surface area contributed by atoms with Gasteiger partial charge in [-0.2, -0.15) is 0 Å². The molecule has 0 aromatic heterocycles. The summed E-state index contributed by atoms with van der Waals surface area (Å²) in [6, 6.07) is 8.36. The molecule has 1 fully saturated rings. The standard InChI is InChI=1S/C21H34N2O2/c1-16(2)14-19(23-10-12-25-13-11-23)15-22-20(24)17-6-8-18(9-7-17)21(3,4)5/h6-9,16,19H,10-15H2,1-5H3,(H,22,24). The zero-order valence-corrected chi connectivity index (χ0v) is 16.5. The van der Waals surface area contributed by atoms with Crippen LogP contribution in [0.25, 0.3) is 0 Å². The minimum atomic E-state index is 0.0162. The molecule has 1 aliphatic rings. The summed E-state index contributed by atoms with van der Waals surface area (Å²) in [5, 5.41) is 3.14. The van der Waals surface area contributed by atoms with Crippen LogP contribution in [0.15, 0.2) is 24.3 Å². The number of hydrogen-bond acceptors (Lipinski definition) is 3. The molecule has 1 heterocycles. The summed E-state index contributed by atoms with van der Waals surface area (Å²) < 4.78 is 5.46. The molecule has 0 spiro atoms. The average molecular weight is 347 g/mol. The molecule has 1 aromatic carbocycles. The van der Waals surface area contributed by atoms with Crippen molar-refractivity contribution >= 4 is 5.91 Å². The van der Waals surface area contributed by atoms with Crippen LogP contribution in [0, 0.1) is 5.92 Å². The summed E-state index contributed by atoms with van der Waals surface area (Å²) in [4.78, 5) is 15.0. The van der Waals surface area contributed by atoms with Crippen molar-refractivity contribution in [2.24, 2.45) is 5.92 Å². The number of carbonyl (C=O) groups excluding carboxylic acids is 1. The molecule has 1 atom stereocenters. The first kappa shape index (κ1) is 19.9. The van der Waals surface area contributed by atoms with Gasteiger partial charge >= 0.3 is 0 Å². The Balaban J connectivity index is 1.95. The molecule has 0 bridgehead atoms. The lowest BCUT2D eigenvalue weighted by Gasteiger charge is -2.35. The second kappa shape index (κ2) is 8.81. The van der Waals surface area contributed by atoms with Crippen LogP contribution in [0.3, 0.4) is 0 Å². The van der Waals surface area contributed by atoms with Crippen LogP contribution in [0.2, 0.25) is 0 Å². The Morgan fingerprint density at radius 2 is 1.76 bits per heavy atom. The number of hydrogen-bond donors (Lipinski definition) is 1. The van der Waals surface area contributed by atoms with E-state index in [1.807, 2.05) is 12.1 Å². The van der Waals surface area contributed by atoms with Gasteiger partial charge in [-0.15, -0.1) is 0 Å². The van der Waals surface area contributed by atoms with Crippen molar-refractivity contribution in [3.63, 3.8) is 0 Å². The van der Waals surface area contributed by atoms with Crippen molar-refractivity contribution < 1.29 is 9.53 Å². The third-order valence-electron chi connectivity index (χ3n) is 4.82. The Bertz CT molecular complexity index is 540. The molecule has 1 unspecified atom stereocenters. The van der Waals surface area contributed by atoms with Crippen LogP contribution in [0.1, 0.15) is 57.0 Å². The van der Waals surface area contributed by atoms with Gasteiger partial charge in [0.1, 0.15) is 0 Å². The molecule has 0 saturated carbocycles. The monoisotopic (exact) mass is 346 g/mol. The number of morpholine rings is 1. The molecule has 0 radical (unpaired) electrons. The molecule has 4 nitrogen and oxygen atoms in total. The fourth-order valence-corrected chi connectivity index (χ4v) is 3.28. The maximum Gasteiger partial charge on any atom is 0.251 e. The highest BCUT2D eigenvalue weighted by atomic mass is 16.5. The van der Waals surface area contributed by atoms with Gasteiger partial charge in [0.15, 0.2) is 0 Å². The maximum atomic E-state index is 12.5. The van der Waals surface area contributed by atoms with Gasteiger partial charge < -0.3 is 10.1 Å². The lowest BCUT2D eigenvalue weighted by molar-refractivity contribution is 0.0124. The highest BCUT2D eigenvalue weighted by molar-refractivity contribution is 5.94. The van der Waals surface area contributed by atoms with Crippen LogP contribution in [-0.2, 0) is 10.2 Å². The first-order valence-electron chi connectivity index (χ1n) is 9.48. The minimum Gasteiger partial charge on any atom is -0.379 e. The van der Waals surface area contributed by atoms with Crippen molar-refractivity contribution in [3.05, 3.63) is 35.4 Å². The number of amides is 1. The predicted molar refractivity (Wildman–Crippen MR) is 103 cm³/mol. The van der Waals surface area contributed by atoms with Crippen LogP contribution >= 0.6 is 0 Å². The van der Waals surface area contributed by atoms with E-state index in [2.05, 4.69) is 57.0 Å². The summed E-state index contributed by atoms with van der Waals surface area (Å²) in [5.74, 6) is 0.623. The molecule has 4 heteroatoms. The quantitative estimate of drug-likeness (QED) is 0.858. The van der Waals surface area contributed by atoms with Crippen molar-refractivity contribution in [3.8, 4) is 0 Å². The molecule has 1 amide bonds. The fraction of sp³-hybridized carbons (Fsp3) is 0.667. The summed E-state index contributed by atoms with van der Waals surface area (Å²) in [6.07, 6.45) is 1.09. The topological polar surface area (TPSA) is 41.6 Å². The first-order chi connectivity index (χ1) is 11.8. The molecule has 25 heavy (non-hydrogen) atoms. The first-order valence-corrected chi connectivity index (χ1v) is 9.48. The third-order valence-corrected chi connectivity index (χ3v) is 4.82. The van der Waals surface area contributed by atoms with E-state index in [9.17, 15) is 4.79 Å². The highest BCUT2D eigenvalue weighted by Gasteiger charge is 2.22. The number of benzene rings is 1. The highest BCUT2D eigenvalue weighted by Crippen LogP contribution is 2.22. The van der Waals surface area contributed by atoms with Gasteiger partial charge in [-0.1, -0.05) is 46.8 Å². The van der Waals surface area contributed by atoms with Gasteiger partial charge in [-0.25, -0.2) is 0 Å². The number of carbonyl (C=O) groups is 1. The van der Waals surface area contributed by atoms with Gasteiger partial charge in [0, 0.05) is 31.2 Å². The number of nitrogens with one attached hydrogen (secondary N) is 1. The molecule has 2 rings (SSSR count). The second-order valence-electron chi connectivity index (χ2n) is 8.47. The molecule has 0 aliphatic carbocycles. The molecular formula is C21H34N2O2. The van der Waals surface area contributed by atoms with Gasteiger partial charge in [0.25, 0.3) is 5.91 Å². The maximum absolute atomic E-state index is 12.5. The van der Waals surface area contributed by atoms with Crippen LogP contribution in [-0.4, -0.2) is 49.7 Å². The van der Waals surface area contributed by atoms with Crippen molar-refractivity contribution in [1.29, 1.82) is 0 Å².